The van der Waals surface area contributed by atoms with Crippen molar-refractivity contribution in [2.24, 2.45) is 4.99 Å². The van der Waals surface area contributed by atoms with Gasteiger partial charge < -0.3 is 5.32 Å². The first kappa shape index (κ1) is 18.3. The lowest BCUT2D eigenvalue weighted by Crippen LogP contribution is -2.37. The molecule has 0 radical (unpaired) electrons. The van der Waals surface area contributed by atoms with Crippen molar-refractivity contribution in [1.82, 2.24) is 9.55 Å². The molecule has 1 aromatic heterocycles. The first-order valence-electron chi connectivity index (χ1n) is 8.96. The highest BCUT2D eigenvalue weighted by Crippen LogP contribution is 2.28. The molecule has 6 nitrogen and oxygen atoms in total. The number of nitrogens with zero attached hydrogens (tertiary/aromatic N) is 3. The van der Waals surface area contributed by atoms with Crippen LogP contribution in [0.1, 0.15) is 28.6 Å². The number of aromatic nitrogens is 2. The molecule has 2 N–H and O–H groups in total. The SMILES string of the molecule is Cc1cc(=O)n2c(n1)NC(Nc1cccc(C)c1C)=N[C@@H]2c1cccc(Cl)c1. The van der Waals surface area contributed by atoms with Crippen LogP contribution in [0.2, 0.25) is 5.02 Å². The molecular weight excluding hydrogens is 374 g/mol. The molecule has 28 heavy (non-hydrogen) atoms. The molecule has 0 spiro atoms. The summed E-state index contributed by atoms with van der Waals surface area (Å²) >= 11 is 6.18. The van der Waals surface area contributed by atoms with Gasteiger partial charge in [0.1, 0.15) is 0 Å². The zero-order valence-corrected chi connectivity index (χ0v) is 16.6. The Morgan fingerprint density at radius 1 is 1.11 bits per heavy atom. The van der Waals surface area contributed by atoms with E-state index in [2.05, 4.69) is 35.5 Å². The lowest BCUT2D eigenvalue weighted by atomic mass is 10.1. The number of rotatable bonds is 2. The van der Waals surface area contributed by atoms with Crippen LogP contribution in [0.25, 0.3) is 0 Å². The standard InChI is InChI=1S/C21H20ClN5O/c1-12-6-4-9-17(14(12)3)24-20-25-19(15-7-5-8-16(22)11-15)27-18(28)10-13(2)23-21(27)26-20/h4-11,19H,1-3H3,(H2,23,24,25,26)/t19-/m0/s1. The third-order valence-electron chi connectivity index (χ3n) is 4.81. The van der Waals surface area contributed by atoms with Crippen LogP contribution in [-0.2, 0) is 0 Å². The third-order valence-corrected chi connectivity index (χ3v) is 5.05. The molecule has 1 aliphatic heterocycles. The van der Waals surface area contributed by atoms with Crippen molar-refractivity contribution >= 4 is 29.2 Å². The van der Waals surface area contributed by atoms with Crippen molar-refractivity contribution in [2.45, 2.75) is 26.9 Å². The molecule has 3 aromatic rings. The lowest BCUT2D eigenvalue weighted by Gasteiger charge is -2.27. The minimum Gasteiger partial charge on any atom is -0.326 e. The van der Waals surface area contributed by atoms with Gasteiger partial charge in [-0.05, 0) is 55.7 Å². The van der Waals surface area contributed by atoms with E-state index in [0.29, 0.717) is 22.6 Å². The van der Waals surface area contributed by atoms with Crippen molar-refractivity contribution < 1.29 is 0 Å². The summed E-state index contributed by atoms with van der Waals surface area (Å²) in [6, 6.07) is 14.9. The fourth-order valence-corrected chi connectivity index (χ4v) is 3.42. The minimum absolute atomic E-state index is 0.172. The number of halogens is 1. The maximum absolute atomic E-state index is 12.7. The van der Waals surface area contributed by atoms with Gasteiger partial charge in [-0.15, -0.1) is 0 Å². The number of hydrogen-bond donors (Lipinski definition) is 2. The van der Waals surface area contributed by atoms with Crippen LogP contribution in [0.4, 0.5) is 11.6 Å². The largest absolute Gasteiger partial charge is 0.326 e. The lowest BCUT2D eigenvalue weighted by molar-refractivity contribution is 0.577. The number of anilines is 2. The quantitative estimate of drug-likeness (QED) is 0.682. The van der Waals surface area contributed by atoms with Crippen LogP contribution in [0.3, 0.4) is 0 Å². The molecule has 1 atom stereocenters. The van der Waals surface area contributed by atoms with Crippen LogP contribution in [0.15, 0.2) is 58.3 Å². The van der Waals surface area contributed by atoms with E-state index >= 15 is 0 Å². The van der Waals surface area contributed by atoms with Crippen LogP contribution >= 0.6 is 11.6 Å². The highest BCUT2D eigenvalue weighted by molar-refractivity contribution is 6.30. The van der Waals surface area contributed by atoms with Gasteiger partial charge in [0.15, 0.2) is 6.17 Å². The predicted octanol–water partition coefficient (Wildman–Crippen LogP) is 4.26. The Kier molecular flexibility index (Phi) is 4.65. The van der Waals surface area contributed by atoms with Gasteiger partial charge in [0.05, 0.1) is 0 Å². The fourth-order valence-electron chi connectivity index (χ4n) is 3.22. The Morgan fingerprint density at radius 3 is 2.68 bits per heavy atom. The topological polar surface area (TPSA) is 71.3 Å². The van der Waals surface area contributed by atoms with E-state index in [1.807, 2.05) is 30.3 Å². The molecule has 0 aliphatic carbocycles. The predicted molar refractivity (Wildman–Crippen MR) is 113 cm³/mol. The molecule has 142 valence electrons. The molecule has 0 saturated carbocycles. The molecule has 4 rings (SSSR count). The normalized spacial score (nSPS) is 15.4. The molecule has 0 bridgehead atoms. The minimum atomic E-state index is -0.567. The van der Waals surface area contributed by atoms with Crippen LogP contribution < -0.4 is 16.2 Å². The Hall–Kier alpha value is -3.12. The number of nitrogens with one attached hydrogen (secondary N) is 2. The van der Waals surface area contributed by atoms with Crippen LogP contribution in [0, 0.1) is 20.8 Å². The highest BCUT2D eigenvalue weighted by atomic mass is 35.5. The maximum Gasteiger partial charge on any atom is 0.257 e. The first-order chi connectivity index (χ1) is 13.4. The number of hydrogen-bond acceptors (Lipinski definition) is 5. The summed E-state index contributed by atoms with van der Waals surface area (Å²) in [6.07, 6.45) is -0.567. The number of aryl methyl sites for hydroxylation is 2. The van der Waals surface area contributed by atoms with Gasteiger partial charge in [0, 0.05) is 22.5 Å². The zero-order chi connectivity index (χ0) is 19.8. The second-order valence-electron chi connectivity index (χ2n) is 6.83. The van der Waals surface area contributed by atoms with Gasteiger partial charge in [0.25, 0.3) is 5.56 Å². The summed E-state index contributed by atoms with van der Waals surface area (Å²) < 4.78 is 1.53. The molecule has 1 aliphatic rings. The second kappa shape index (κ2) is 7.13. The van der Waals surface area contributed by atoms with Crippen LogP contribution in [0.5, 0.6) is 0 Å². The van der Waals surface area contributed by atoms with Gasteiger partial charge in [0.2, 0.25) is 11.9 Å². The van der Waals surface area contributed by atoms with E-state index in [0.717, 1.165) is 16.8 Å². The van der Waals surface area contributed by atoms with Gasteiger partial charge in [-0.25, -0.2) is 9.98 Å². The van der Waals surface area contributed by atoms with Gasteiger partial charge in [-0.2, -0.15) is 0 Å². The summed E-state index contributed by atoms with van der Waals surface area (Å²) in [6.45, 7) is 5.91. The van der Waals surface area contributed by atoms with Gasteiger partial charge in [-0.3, -0.25) is 14.7 Å². The average Bonchev–Trinajstić information content (AvgIpc) is 2.64. The smallest absolute Gasteiger partial charge is 0.257 e. The Labute approximate surface area is 167 Å². The maximum atomic E-state index is 12.7. The second-order valence-corrected chi connectivity index (χ2v) is 7.27. The summed E-state index contributed by atoms with van der Waals surface area (Å²) in [5.74, 6) is 0.967. The number of guanidine groups is 1. The molecule has 7 heteroatoms. The van der Waals surface area contributed by atoms with Crippen molar-refractivity contribution in [3.8, 4) is 0 Å². The van der Waals surface area contributed by atoms with Crippen molar-refractivity contribution in [3.05, 3.63) is 86.3 Å². The Balaban J connectivity index is 1.82. The first-order valence-corrected chi connectivity index (χ1v) is 9.34. The zero-order valence-electron chi connectivity index (χ0n) is 15.8. The highest BCUT2D eigenvalue weighted by Gasteiger charge is 2.25. The average molecular weight is 394 g/mol. The van der Waals surface area contributed by atoms with E-state index in [1.165, 1.54) is 16.2 Å². The molecule has 0 fully saturated rings. The number of benzene rings is 2. The summed E-state index contributed by atoms with van der Waals surface area (Å²) in [7, 11) is 0. The Bertz CT molecular complexity index is 1150. The third kappa shape index (κ3) is 3.39. The van der Waals surface area contributed by atoms with E-state index in [9.17, 15) is 4.79 Å². The van der Waals surface area contributed by atoms with Crippen LogP contribution in [-0.4, -0.2) is 15.5 Å². The Morgan fingerprint density at radius 2 is 1.89 bits per heavy atom. The van der Waals surface area contributed by atoms with Crippen molar-refractivity contribution in [2.75, 3.05) is 10.6 Å². The number of fused-ring (bicyclic) bond motifs is 1. The fraction of sp³-hybridized carbons (Fsp3) is 0.190. The molecule has 0 unspecified atom stereocenters. The van der Waals surface area contributed by atoms with E-state index in [4.69, 9.17) is 16.6 Å². The van der Waals surface area contributed by atoms with Crippen molar-refractivity contribution in [1.29, 1.82) is 0 Å². The van der Waals surface area contributed by atoms with Gasteiger partial charge >= 0.3 is 0 Å². The molecule has 0 saturated heterocycles. The molecular formula is C21H20ClN5O. The summed E-state index contributed by atoms with van der Waals surface area (Å²) in [5, 5.41) is 7.07. The van der Waals surface area contributed by atoms with E-state index in [1.54, 1.807) is 13.0 Å². The van der Waals surface area contributed by atoms with Gasteiger partial charge in [-0.1, -0.05) is 35.9 Å². The summed E-state index contributed by atoms with van der Waals surface area (Å²) in [5.41, 5.74) is 4.53. The van der Waals surface area contributed by atoms with E-state index < -0.39 is 6.17 Å². The summed E-state index contributed by atoms with van der Waals surface area (Å²) in [4.78, 5) is 21.9. The van der Waals surface area contributed by atoms with E-state index in [-0.39, 0.29) is 5.56 Å². The molecule has 2 heterocycles. The van der Waals surface area contributed by atoms with Crippen molar-refractivity contribution in [3.63, 3.8) is 0 Å². The molecule has 2 aromatic carbocycles. The molecule has 0 amide bonds. The monoisotopic (exact) mass is 393 g/mol. The number of aliphatic imine (C=N–C) groups is 1.